The van der Waals surface area contributed by atoms with Crippen molar-refractivity contribution in [3.05, 3.63) is 22.1 Å². The maximum atomic E-state index is 12.3. The van der Waals surface area contributed by atoms with E-state index in [1.807, 2.05) is 13.8 Å². The summed E-state index contributed by atoms with van der Waals surface area (Å²) >= 11 is 3.24. The smallest absolute Gasteiger partial charge is 0.290 e. The van der Waals surface area contributed by atoms with Crippen LogP contribution in [0, 0.1) is 6.92 Å². The van der Waals surface area contributed by atoms with Crippen LogP contribution in [0.3, 0.4) is 0 Å². The summed E-state index contributed by atoms with van der Waals surface area (Å²) in [5.74, 6) is 0.0536. The average molecular weight is 329 g/mol. The van der Waals surface area contributed by atoms with Gasteiger partial charge in [0.2, 0.25) is 5.91 Å². The Kier molecular flexibility index (Phi) is 4.29. The molecule has 0 aromatic carbocycles. The fourth-order valence-corrected chi connectivity index (χ4v) is 2.44. The zero-order valence-electron chi connectivity index (χ0n) is 11.1. The van der Waals surface area contributed by atoms with Crippen LogP contribution >= 0.6 is 15.9 Å². The number of carbonyl (C=O) groups excluding carboxylic acids is 2. The number of likely N-dealkylation sites (N-methyl/N-ethyl adjacent to an activating group) is 1. The molecular weight excluding hydrogens is 312 g/mol. The number of hydrogen-bond acceptors (Lipinski definition) is 3. The molecule has 1 aromatic rings. The highest BCUT2D eigenvalue weighted by molar-refractivity contribution is 9.10. The van der Waals surface area contributed by atoms with E-state index in [4.69, 9.17) is 4.42 Å². The number of amides is 2. The number of halogens is 1. The van der Waals surface area contributed by atoms with Crippen LogP contribution in [-0.4, -0.2) is 47.8 Å². The molecule has 1 aliphatic rings. The van der Waals surface area contributed by atoms with Gasteiger partial charge in [-0.05, 0) is 42.3 Å². The van der Waals surface area contributed by atoms with Crippen LogP contribution in [0.2, 0.25) is 0 Å². The fourth-order valence-electron chi connectivity index (χ4n) is 2.15. The molecule has 0 radical (unpaired) electrons. The highest BCUT2D eigenvalue weighted by Gasteiger charge is 2.26. The largest absolute Gasteiger partial charge is 0.444 e. The van der Waals surface area contributed by atoms with Crippen molar-refractivity contribution in [3.63, 3.8) is 0 Å². The summed E-state index contributed by atoms with van der Waals surface area (Å²) in [6.07, 6.45) is 0.798. The van der Waals surface area contributed by atoms with Crippen LogP contribution in [-0.2, 0) is 4.79 Å². The maximum absolute atomic E-state index is 12.3. The molecule has 0 saturated carbocycles. The van der Waals surface area contributed by atoms with Crippen LogP contribution < -0.4 is 0 Å². The Hall–Kier alpha value is -1.30. The third-order valence-corrected chi connectivity index (χ3v) is 4.06. The van der Waals surface area contributed by atoms with E-state index in [1.165, 1.54) is 0 Å². The topological polar surface area (TPSA) is 53.8 Å². The lowest BCUT2D eigenvalue weighted by molar-refractivity contribution is -0.130. The van der Waals surface area contributed by atoms with E-state index in [0.29, 0.717) is 24.3 Å². The Morgan fingerprint density at radius 2 is 2.21 bits per heavy atom. The molecule has 19 heavy (non-hydrogen) atoms. The van der Waals surface area contributed by atoms with Gasteiger partial charge in [-0.25, -0.2) is 0 Å². The molecule has 104 valence electrons. The Morgan fingerprint density at radius 1 is 1.47 bits per heavy atom. The van der Waals surface area contributed by atoms with Crippen LogP contribution in [0.1, 0.15) is 29.5 Å². The second kappa shape index (κ2) is 5.77. The van der Waals surface area contributed by atoms with E-state index in [2.05, 4.69) is 15.9 Å². The zero-order valence-corrected chi connectivity index (χ0v) is 12.7. The normalized spacial score (nSPS) is 16.7. The number of furan rings is 1. The molecule has 0 bridgehead atoms. The van der Waals surface area contributed by atoms with Crippen LogP contribution in [0.15, 0.2) is 15.2 Å². The van der Waals surface area contributed by atoms with Gasteiger partial charge >= 0.3 is 0 Å². The van der Waals surface area contributed by atoms with E-state index in [0.717, 1.165) is 12.0 Å². The first-order valence-electron chi connectivity index (χ1n) is 6.36. The quantitative estimate of drug-likeness (QED) is 0.834. The molecule has 0 unspecified atom stereocenters. The third-order valence-electron chi connectivity index (χ3n) is 3.27. The highest BCUT2D eigenvalue weighted by Crippen LogP contribution is 2.22. The number of nitrogens with zero attached hydrogens (tertiary/aromatic N) is 2. The lowest BCUT2D eigenvalue weighted by Crippen LogP contribution is -2.39. The molecule has 6 heteroatoms. The predicted molar refractivity (Wildman–Crippen MR) is 73.9 cm³/mol. The van der Waals surface area contributed by atoms with Gasteiger partial charge in [0.15, 0.2) is 10.4 Å². The maximum Gasteiger partial charge on any atom is 0.290 e. The number of aryl methyl sites for hydroxylation is 1. The summed E-state index contributed by atoms with van der Waals surface area (Å²) in [4.78, 5) is 27.6. The molecule has 2 amide bonds. The van der Waals surface area contributed by atoms with Gasteiger partial charge in [0.25, 0.3) is 5.91 Å². The molecule has 5 nitrogen and oxygen atoms in total. The van der Waals surface area contributed by atoms with Crippen LogP contribution in [0.4, 0.5) is 0 Å². The number of hydrogen-bond donors (Lipinski definition) is 0. The zero-order chi connectivity index (χ0) is 14.0. The molecule has 0 aliphatic carbocycles. The molecule has 0 N–H and O–H groups in total. The number of carbonyl (C=O) groups is 2. The van der Waals surface area contributed by atoms with Crippen molar-refractivity contribution < 1.29 is 14.0 Å². The second-order valence-corrected chi connectivity index (χ2v) is 5.34. The Morgan fingerprint density at radius 3 is 2.79 bits per heavy atom. The highest BCUT2D eigenvalue weighted by atomic mass is 79.9. The van der Waals surface area contributed by atoms with E-state index in [9.17, 15) is 9.59 Å². The van der Waals surface area contributed by atoms with Crippen molar-refractivity contribution in [3.8, 4) is 0 Å². The fraction of sp³-hybridized carbons (Fsp3) is 0.538. The van der Waals surface area contributed by atoms with E-state index >= 15 is 0 Å². The summed E-state index contributed by atoms with van der Waals surface area (Å²) in [5.41, 5.74) is 0.875. The van der Waals surface area contributed by atoms with E-state index in [-0.39, 0.29) is 24.1 Å². The lowest BCUT2D eigenvalue weighted by Gasteiger charge is -2.19. The standard InChI is InChI=1S/C13H17BrN2O3/c1-3-15-5-4-6-16(8-11(15)17)13(18)10-7-9(2)12(14)19-10/h7H,3-6,8H2,1-2H3. The summed E-state index contributed by atoms with van der Waals surface area (Å²) < 4.78 is 5.92. The molecular formula is C13H17BrN2O3. The first kappa shape index (κ1) is 14.1. The molecule has 1 fully saturated rings. The second-order valence-electron chi connectivity index (χ2n) is 4.62. The van der Waals surface area contributed by atoms with Gasteiger partial charge in [-0.1, -0.05) is 0 Å². The SMILES string of the molecule is CCN1CCCN(C(=O)c2cc(C)c(Br)o2)CC1=O. The first-order valence-corrected chi connectivity index (χ1v) is 7.15. The minimum absolute atomic E-state index is 0.00399. The van der Waals surface area contributed by atoms with Crippen molar-refractivity contribution >= 4 is 27.7 Å². The van der Waals surface area contributed by atoms with Gasteiger partial charge < -0.3 is 14.2 Å². The van der Waals surface area contributed by atoms with Gasteiger partial charge in [0, 0.05) is 25.2 Å². The first-order chi connectivity index (χ1) is 9.02. The molecule has 2 rings (SSSR count). The van der Waals surface area contributed by atoms with E-state index < -0.39 is 0 Å². The predicted octanol–water partition coefficient (Wildman–Crippen LogP) is 2.04. The van der Waals surface area contributed by atoms with Crippen molar-refractivity contribution in [1.82, 2.24) is 9.80 Å². The van der Waals surface area contributed by atoms with Crippen LogP contribution in [0.5, 0.6) is 0 Å². The van der Waals surface area contributed by atoms with Gasteiger partial charge in [-0.2, -0.15) is 0 Å². The molecule has 0 atom stereocenters. The number of rotatable bonds is 2. The van der Waals surface area contributed by atoms with E-state index in [1.54, 1.807) is 15.9 Å². The minimum atomic E-state index is -0.222. The van der Waals surface area contributed by atoms with Crippen molar-refractivity contribution in [2.75, 3.05) is 26.2 Å². The Labute approximate surface area is 120 Å². The molecule has 1 aliphatic heterocycles. The average Bonchev–Trinajstić information content (AvgIpc) is 2.61. The molecule has 1 aromatic heterocycles. The van der Waals surface area contributed by atoms with Crippen LogP contribution in [0.25, 0.3) is 0 Å². The minimum Gasteiger partial charge on any atom is -0.444 e. The van der Waals surface area contributed by atoms with Gasteiger partial charge in [-0.15, -0.1) is 0 Å². The summed E-state index contributed by atoms with van der Waals surface area (Å²) in [6, 6.07) is 1.69. The van der Waals surface area contributed by atoms with Gasteiger partial charge in [0.1, 0.15) is 6.54 Å². The molecule has 0 spiro atoms. The third kappa shape index (κ3) is 3.00. The summed E-state index contributed by atoms with van der Waals surface area (Å²) in [7, 11) is 0. The molecule has 1 saturated heterocycles. The van der Waals surface area contributed by atoms with Gasteiger partial charge in [0.05, 0.1) is 0 Å². The van der Waals surface area contributed by atoms with Crippen molar-refractivity contribution in [2.24, 2.45) is 0 Å². The van der Waals surface area contributed by atoms with Crippen molar-refractivity contribution in [1.29, 1.82) is 0 Å². The Bertz CT molecular complexity index is 479. The summed E-state index contributed by atoms with van der Waals surface area (Å²) in [5, 5.41) is 0. The van der Waals surface area contributed by atoms with Crippen molar-refractivity contribution in [2.45, 2.75) is 20.3 Å². The molecule has 2 heterocycles. The monoisotopic (exact) mass is 328 g/mol. The summed E-state index contributed by atoms with van der Waals surface area (Å²) in [6.45, 7) is 5.91. The lowest BCUT2D eigenvalue weighted by atomic mass is 10.3. The van der Waals surface area contributed by atoms with Gasteiger partial charge in [-0.3, -0.25) is 9.59 Å². The Balaban J connectivity index is 2.13.